The molecular weight excluding hydrogens is 380 g/mol. The molecule has 158 valence electrons. The van der Waals surface area contributed by atoms with Crippen LogP contribution in [0.2, 0.25) is 0 Å². The molecule has 0 radical (unpaired) electrons. The number of carbonyl (C=O) groups is 2. The van der Waals surface area contributed by atoms with Gasteiger partial charge in [-0.25, -0.2) is 9.78 Å². The van der Waals surface area contributed by atoms with E-state index in [4.69, 9.17) is 23.4 Å². The number of oxazole rings is 1. The molecule has 1 aromatic heterocycles. The van der Waals surface area contributed by atoms with E-state index in [-0.39, 0.29) is 29.8 Å². The molecule has 0 spiro atoms. The van der Waals surface area contributed by atoms with Gasteiger partial charge in [0.15, 0.2) is 23.0 Å². The predicted octanol–water partition coefficient (Wildman–Crippen LogP) is 2.96. The van der Waals surface area contributed by atoms with Crippen LogP contribution in [0, 0.1) is 0 Å². The van der Waals surface area contributed by atoms with Gasteiger partial charge < -0.3 is 28.7 Å². The smallest absolute Gasteiger partial charge is 0.360 e. The molecule has 0 aliphatic heterocycles. The summed E-state index contributed by atoms with van der Waals surface area (Å²) in [6.07, 6.45) is 2.13. The lowest BCUT2D eigenvalue weighted by Gasteiger charge is -2.13. The van der Waals surface area contributed by atoms with Crippen molar-refractivity contribution in [3.05, 3.63) is 23.7 Å². The molecule has 0 saturated carbocycles. The third-order valence-electron chi connectivity index (χ3n) is 4.17. The van der Waals surface area contributed by atoms with E-state index in [1.54, 1.807) is 12.1 Å². The summed E-state index contributed by atoms with van der Waals surface area (Å²) in [5.41, 5.74) is 0.468. The van der Waals surface area contributed by atoms with E-state index in [2.05, 4.69) is 10.3 Å². The van der Waals surface area contributed by atoms with Crippen LogP contribution in [0.25, 0.3) is 11.3 Å². The van der Waals surface area contributed by atoms with Gasteiger partial charge in [-0.3, -0.25) is 4.79 Å². The standard InChI is InChI=1S/C20H26N2O7/c1-6-7-8-15(23)21-11-16-22-17(20(24)28-5)18(29-16)12-9-13(25-2)19(27-4)14(10-12)26-3/h9-10H,6-8,11H2,1-5H3,(H,21,23). The highest BCUT2D eigenvalue weighted by Gasteiger charge is 2.25. The van der Waals surface area contributed by atoms with Crippen molar-refractivity contribution in [1.29, 1.82) is 0 Å². The second kappa shape index (κ2) is 10.4. The number of hydrogen-bond donors (Lipinski definition) is 1. The molecule has 1 amide bonds. The average molecular weight is 406 g/mol. The number of rotatable bonds is 10. The molecule has 1 aromatic carbocycles. The Hall–Kier alpha value is -3.23. The first-order valence-electron chi connectivity index (χ1n) is 9.14. The Morgan fingerprint density at radius 1 is 1.07 bits per heavy atom. The predicted molar refractivity (Wildman–Crippen MR) is 104 cm³/mol. The third kappa shape index (κ3) is 5.18. The van der Waals surface area contributed by atoms with Crippen molar-refractivity contribution in [2.24, 2.45) is 0 Å². The number of benzene rings is 1. The number of hydrogen-bond acceptors (Lipinski definition) is 8. The van der Waals surface area contributed by atoms with E-state index >= 15 is 0 Å². The summed E-state index contributed by atoms with van der Waals surface area (Å²) in [5, 5.41) is 2.73. The zero-order valence-electron chi connectivity index (χ0n) is 17.3. The van der Waals surface area contributed by atoms with Crippen molar-refractivity contribution in [2.45, 2.75) is 32.7 Å². The summed E-state index contributed by atoms with van der Waals surface area (Å²) in [7, 11) is 5.72. The van der Waals surface area contributed by atoms with Crippen molar-refractivity contribution in [3.63, 3.8) is 0 Å². The molecule has 0 saturated heterocycles. The molecule has 9 heteroatoms. The van der Waals surface area contributed by atoms with E-state index in [0.717, 1.165) is 12.8 Å². The van der Waals surface area contributed by atoms with Crippen molar-refractivity contribution < 1.29 is 33.0 Å². The maximum Gasteiger partial charge on any atom is 0.360 e. The summed E-state index contributed by atoms with van der Waals surface area (Å²) >= 11 is 0. The SMILES string of the molecule is CCCCC(=O)NCc1nc(C(=O)OC)c(-c2cc(OC)c(OC)c(OC)c2)o1. The van der Waals surface area contributed by atoms with Crippen molar-refractivity contribution in [3.8, 4) is 28.6 Å². The number of esters is 1. The molecule has 0 aliphatic rings. The number of unbranched alkanes of at least 4 members (excludes halogenated alkanes) is 1. The Bertz CT molecular complexity index is 836. The monoisotopic (exact) mass is 406 g/mol. The number of methoxy groups -OCH3 is 4. The van der Waals surface area contributed by atoms with E-state index in [0.29, 0.717) is 29.2 Å². The van der Waals surface area contributed by atoms with Gasteiger partial charge in [-0.1, -0.05) is 13.3 Å². The largest absolute Gasteiger partial charge is 0.493 e. The van der Waals surface area contributed by atoms with Crippen LogP contribution in [0.1, 0.15) is 42.6 Å². The van der Waals surface area contributed by atoms with Gasteiger partial charge in [-0.05, 0) is 18.6 Å². The van der Waals surface area contributed by atoms with Gasteiger partial charge in [0, 0.05) is 12.0 Å². The van der Waals surface area contributed by atoms with Crippen LogP contribution in [0.15, 0.2) is 16.5 Å². The van der Waals surface area contributed by atoms with Crippen molar-refractivity contribution >= 4 is 11.9 Å². The highest BCUT2D eigenvalue weighted by atomic mass is 16.5. The zero-order chi connectivity index (χ0) is 21.4. The second-order valence-corrected chi connectivity index (χ2v) is 6.07. The molecule has 0 atom stereocenters. The lowest BCUT2D eigenvalue weighted by atomic mass is 10.1. The van der Waals surface area contributed by atoms with Crippen LogP contribution in [-0.2, 0) is 16.1 Å². The van der Waals surface area contributed by atoms with E-state index in [1.165, 1.54) is 28.4 Å². The summed E-state index contributed by atoms with van der Waals surface area (Å²) in [6.45, 7) is 2.06. The van der Waals surface area contributed by atoms with Gasteiger partial charge in [0.25, 0.3) is 0 Å². The first kappa shape index (κ1) is 22.1. The van der Waals surface area contributed by atoms with E-state index in [9.17, 15) is 9.59 Å². The molecule has 2 rings (SSSR count). The maximum atomic E-state index is 12.2. The van der Waals surface area contributed by atoms with Crippen LogP contribution < -0.4 is 19.5 Å². The number of ether oxygens (including phenoxy) is 4. The summed E-state index contributed by atoms with van der Waals surface area (Å²) in [6, 6.07) is 3.27. The molecule has 9 nitrogen and oxygen atoms in total. The summed E-state index contributed by atoms with van der Waals surface area (Å²) < 4.78 is 26.6. The molecule has 0 fully saturated rings. The molecule has 1 N–H and O–H groups in total. The minimum atomic E-state index is -0.666. The first-order valence-corrected chi connectivity index (χ1v) is 9.14. The minimum Gasteiger partial charge on any atom is -0.493 e. The molecule has 0 unspecified atom stereocenters. The number of nitrogens with zero attached hydrogens (tertiary/aromatic N) is 1. The topological polar surface area (TPSA) is 109 Å². The molecule has 0 aliphatic carbocycles. The second-order valence-electron chi connectivity index (χ2n) is 6.07. The molecule has 0 bridgehead atoms. The van der Waals surface area contributed by atoms with Gasteiger partial charge in [0.1, 0.15) is 0 Å². The van der Waals surface area contributed by atoms with Crippen LogP contribution in [-0.4, -0.2) is 45.3 Å². The fourth-order valence-corrected chi connectivity index (χ4v) is 2.68. The zero-order valence-corrected chi connectivity index (χ0v) is 17.3. The number of amides is 1. The normalized spacial score (nSPS) is 10.4. The fourth-order valence-electron chi connectivity index (χ4n) is 2.68. The number of carbonyl (C=O) groups excluding carboxylic acids is 2. The Balaban J connectivity index is 2.42. The van der Waals surface area contributed by atoms with Gasteiger partial charge in [0.2, 0.25) is 17.5 Å². The van der Waals surface area contributed by atoms with Gasteiger partial charge in [-0.2, -0.15) is 0 Å². The third-order valence-corrected chi connectivity index (χ3v) is 4.17. The van der Waals surface area contributed by atoms with Gasteiger partial charge in [0.05, 0.1) is 35.0 Å². The summed E-state index contributed by atoms with van der Waals surface area (Å²) in [4.78, 5) is 28.3. The maximum absolute atomic E-state index is 12.2. The Morgan fingerprint density at radius 2 is 1.72 bits per heavy atom. The van der Waals surface area contributed by atoms with Crippen LogP contribution >= 0.6 is 0 Å². The molecule has 2 aromatic rings. The molecular formula is C20H26N2O7. The Morgan fingerprint density at radius 3 is 2.24 bits per heavy atom. The lowest BCUT2D eigenvalue weighted by Crippen LogP contribution is -2.22. The Labute approximate surface area is 169 Å². The van der Waals surface area contributed by atoms with Gasteiger partial charge >= 0.3 is 5.97 Å². The lowest BCUT2D eigenvalue weighted by molar-refractivity contribution is -0.121. The van der Waals surface area contributed by atoms with Crippen LogP contribution in [0.3, 0.4) is 0 Å². The average Bonchev–Trinajstić information content (AvgIpc) is 3.18. The van der Waals surface area contributed by atoms with E-state index < -0.39 is 5.97 Å². The highest BCUT2D eigenvalue weighted by molar-refractivity contribution is 5.94. The Kier molecular flexibility index (Phi) is 7.88. The fraction of sp³-hybridized carbons (Fsp3) is 0.450. The summed E-state index contributed by atoms with van der Waals surface area (Å²) in [5.74, 6) is 0.765. The van der Waals surface area contributed by atoms with Crippen LogP contribution in [0.4, 0.5) is 0 Å². The first-order chi connectivity index (χ1) is 14.0. The van der Waals surface area contributed by atoms with Crippen molar-refractivity contribution in [2.75, 3.05) is 28.4 Å². The number of nitrogens with one attached hydrogen (secondary N) is 1. The van der Waals surface area contributed by atoms with Gasteiger partial charge in [-0.15, -0.1) is 0 Å². The molecule has 1 heterocycles. The van der Waals surface area contributed by atoms with E-state index in [1.807, 2.05) is 6.92 Å². The van der Waals surface area contributed by atoms with Crippen molar-refractivity contribution in [1.82, 2.24) is 10.3 Å². The highest BCUT2D eigenvalue weighted by Crippen LogP contribution is 2.42. The number of aromatic nitrogens is 1. The van der Waals surface area contributed by atoms with Crippen LogP contribution in [0.5, 0.6) is 17.2 Å². The molecule has 29 heavy (non-hydrogen) atoms. The minimum absolute atomic E-state index is 0.0143. The quantitative estimate of drug-likeness (QED) is 0.600.